The Balaban J connectivity index is 1.45. The number of para-hydroxylation sites is 2. The van der Waals surface area contributed by atoms with Gasteiger partial charge in [0.15, 0.2) is 5.76 Å². The van der Waals surface area contributed by atoms with Crippen molar-refractivity contribution in [3.8, 4) is 17.3 Å². The highest BCUT2D eigenvalue weighted by atomic mass is 19.1. The number of aromatic nitrogens is 2. The number of ether oxygens (including phenoxy) is 1. The summed E-state index contributed by atoms with van der Waals surface area (Å²) in [5.41, 5.74) is 3.15. The average Bonchev–Trinajstić information content (AvgIpc) is 3.40. The predicted octanol–water partition coefficient (Wildman–Crippen LogP) is 6.48. The summed E-state index contributed by atoms with van der Waals surface area (Å²) < 4.78 is 27.1. The molecule has 0 spiro atoms. The number of furan rings is 1. The minimum atomic E-state index is -0.329. The molecule has 0 bridgehead atoms. The van der Waals surface area contributed by atoms with Crippen LogP contribution in [0.2, 0.25) is 0 Å². The van der Waals surface area contributed by atoms with Crippen LogP contribution in [0.3, 0.4) is 0 Å². The first-order valence-electron chi connectivity index (χ1n) is 12.7. The third-order valence-corrected chi connectivity index (χ3v) is 6.51. The summed E-state index contributed by atoms with van der Waals surface area (Å²) in [7, 11) is 3.86. The van der Waals surface area contributed by atoms with Gasteiger partial charge in [-0.2, -0.15) is 9.78 Å². The number of rotatable bonds is 7. The number of hydrogen-bond donors (Lipinski definition) is 0. The molecule has 0 radical (unpaired) electrons. The zero-order valence-electron chi connectivity index (χ0n) is 21.9. The number of benzene rings is 4. The number of anilines is 1. The molecule has 6 aromatic rings. The van der Waals surface area contributed by atoms with Crippen LogP contribution in [0.1, 0.15) is 11.1 Å². The van der Waals surface area contributed by atoms with E-state index in [1.54, 1.807) is 36.5 Å². The van der Waals surface area contributed by atoms with Gasteiger partial charge in [-0.25, -0.2) is 9.37 Å². The van der Waals surface area contributed by atoms with Crippen molar-refractivity contribution in [1.29, 1.82) is 0 Å². The maximum Gasteiger partial charge on any atom is 0.282 e. The summed E-state index contributed by atoms with van der Waals surface area (Å²) in [5.74, 6) is 0.910. The summed E-state index contributed by atoms with van der Waals surface area (Å²) in [6.45, 7) is 0.164. The van der Waals surface area contributed by atoms with Crippen molar-refractivity contribution < 1.29 is 13.5 Å². The highest BCUT2D eigenvalue weighted by Gasteiger charge is 2.17. The molecular formula is C32H25FN4O3. The van der Waals surface area contributed by atoms with Crippen LogP contribution in [-0.2, 0) is 6.61 Å². The Morgan fingerprint density at radius 3 is 2.62 bits per heavy atom. The van der Waals surface area contributed by atoms with Gasteiger partial charge in [0, 0.05) is 36.8 Å². The minimum Gasteiger partial charge on any atom is -0.488 e. The highest BCUT2D eigenvalue weighted by molar-refractivity contribution is 5.86. The van der Waals surface area contributed by atoms with Crippen LogP contribution in [0.15, 0.2) is 111 Å². The molecule has 0 aliphatic carbocycles. The third-order valence-electron chi connectivity index (χ3n) is 6.51. The Labute approximate surface area is 229 Å². The summed E-state index contributed by atoms with van der Waals surface area (Å²) >= 11 is 0. The fraction of sp³-hybridized carbons (Fsp3) is 0.0938. The SMILES string of the molecule is CN(C)c1ccc(C=Nn2c(-c3cc4ccccc4o3)nc3ccccc3c2=O)c(OCc2cccc(F)c2)c1. The molecule has 4 aromatic carbocycles. The number of hydrogen-bond acceptors (Lipinski definition) is 6. The van der Waals surface area contributed by atoms with Crippen molar-refractivity contribution in [3.05, 3.63) is 124 Å². The van der Waals surface area contributed by atoms with E-state index < -0.39 is 0 Å². The smallest absolute Gasteiger partial charge is 0.282 e. The first kappa shape index (κ1) is 25.1. The topological polar surface area (TPSA) is 72.9 Å². The molecule has 2 heterocycles. The van der Waals surface area contributed by atoms with Crippen molar-refractivity contribution >= 4 is 33.8 Å². The maximum absolute atomic E-state index is 13.7. The minimum absolute atomic E-state index is 0.164. The second-order valence-electron chi connectivity index (χ2n) is 9.50. The monoisotopic (exact) mass is 532 g/mol. The Hall–Kier alpha value is -5.24. The van der Waals surface area contributed by atoms with Crippen molar-refractivity contribution in [2.45, 2.75) is 6.61 Å². The maximum atomic E-state index is 13.7. The molecule has 0 N–H and O–H groups in total. The van der Waals surface area contributed by atoms with Crippen molar-refractivity contribution in [2.75, 3.05) is 19.0 Å². The lowest BCUT2D eigenvalue weighted by atomic mass is 10.2. The molecule has 0 saturated carbocycles. The fourth-order valence-corrected chi connectivity index (χ4v) is 4.42. The zero-order chi connectivity index (χ0) is 27.6. The second kappa shape index (κ2) is 10.5. The van der Waals surface area contributed by atoms with Gasteiger partial charge in [-0.05, 0) is 54.1 Å². The largest absolute Gasteiger partial charge is 0.488 e. The Kier molecular flexibility index (Phi) is 6.57. The quantitative estimate of drug-likeness (QED) is 0.220. The number of nitrogens with zero attached hydrogens (tertiary/aromatic N) is 4. The first-order valence-corrected chi connectivity index (χ1v) is 12.7. The summed E-state index contributed by atoms with van der Waals surface area (Å²) in [6.07, 6.45) is 1.56. The molecule has 0 aliphatic rings. The van der Waals surface area contributed by atoms with E-state index in [2.05, 4.69) is 5.10 Å². The second-order valence-corrected chi connectivity index (χ2v) is 9.50. The Morgan fingerprint density at radius 2 is 1.80 bits per heavy atom. The lowest BCUT2D eigenvalue weighted by Crippen LogP contribution is -2.20. The van der Waals surface area contributed by atoms with Gasteiger partial charge in [-0.15, -0.1) is 0 Å². The molecule has 6 rings (SSSR count). The predicted molar refractivity (Wildman–Crippen MR) is 156 cm³/mol. The standard InChI is InChI=1S/C32H25FN4O3/c1-36(2)25-15-14-23(29(18-25)39-20-21-8-7-10-24(33)16-21)19-34-37-31(30-17-22-9-3-6-13-28(22)40-30)35-27-12-5-4-11-26(27)32(37)38/h3-19H,20H2,1-2H3. The molecule has 40 heavy (non-hydrogen) atoms. The van der Waals surface area contributed by atoms with Gasteiger partial charge in [0.05, 0.1) is 17.1 Å². The zero-order valence-corrected chi connectivity index (χ0v) is 21.9. The van der Waals surface area contributed by atoms with Crippen LogP contribution < -0.4 is 15.2 Å². The van der Waals surface area contributed by atoms with Gasteiger partial charge >= 0.3 is 0 Å². The van der Waals surface area contributed by atoms with Gasteiger partial charge in [-0.3, -0.25) is 4.79 Å². The molecule has 198 valence electrons. The van der Waals surface area contributed by atoms with Crippen LogP contribution in [0, 0.1) is 5.82 Å². The van der Waals surface area contributed by atoms with Gasteiger partial charge in [-0.1, -0.05) is 42.5 Å². The van der Waals surface area contributed by atoms with E-state index in [0.29, 0.717) is 39.1 Å². The number of fused-ring (bicyclic) bond motifs is 2. The fourth-order valence-electron chi connectivity index (χ4n) is 4.42. The highest BCUT2D eigenvalue weighted by Crippen LogP contribution is 2.28. The van der Waals surface area contributed by atoms with Crippen LogP contribution in [0.5, 0.6) is 5.75 Å². The molecule has 8 heteroatoms. The molecule has 0 amide bonds. The van der Waals surface area contributed by atoms with Crippen LogP contribution in [0.4, 0.5) is 10.1 Å². The summed E-state index contributed by atoms with van der Waals surface area (Å²) in [6, 6.07) is 28.5. The summed E-state index contributed by atoms with van der Waals surface area (Å²) in [5, 5.41) is 5.91. The lowest BCUT2D eigenvalue weighted by molar-refractivity contribution is 0.305. The lowest BCUT2D eigenvalue weighted by Gasteiger charge is -2.16. The first-order chi connectivity index (χ1) is 19.5. The molecule has 0 aliphatic heterocycles. The van der Waals surface area contributed by atoms with Gasteiger partial charge in [0.1, 0.15) is 23.8 Å². The van der Waals surface area contributed by atoms with Crippen LogP contribution >= 0.6 is 0 Å². The molecule has 0 saturated heterocycles. The Bertz CT molecular complexity index is 1910. The van der Waals surface area contributed by atoms with Gasteiger partial charge in [0.2, 0.25) is 5.82 Å². The van der Waals surface area contributed by atoms with E-state index >= 15 is 0 Å². The average molecular weight is 533 g/mol. The molecule has 0 atom stereocenters. The van der Waals surface area contributed by atoms with E-state index in [4.69, 9.17) is 14.1 Å². The molecule has 0 fully saturated rings. The van der Waals surface area contributed by atoms with Crippen molar-refractivity contribution in [3.63, 3.8) is 0 Å². The normalized spacial score (nSPS) is 11.5. The van der Waals surface area contributed by atoms with E-state index in [0.717, 1.165) is 11.1 Å². The van der Waals surface area contributed by atoms with Crippen LogP contribution in [-0.4, -0.2) is 30.0 Å². The van der Waals surface area contributed by atoms with E-state index in [1.165, 1.54) is 16.8 Å². The van der Waals surface area contributed by atoms with E-state index in [-0.39, 0.29) is 23.8 Å². The van der Waals surface area contributed by atoms with Crippen molar-refractivity contribution in [1.82, 2.24) is 9.66 Å². The Morgan fingerprint density at radius 1 is 0.975 bits per heavy atom. The van der Waals surface area contributed by atoms with Gasteiger partial charge in [0.25, 0.3) is 5.56 Å². The number of halogens is 1. The van der Waals surface area contributed by atoms with Crippen molar-refractivity contribution in [2.24, 2.45) is 5.10 Å². The molecule has 0 unspecified atom stereocenters. The molecule has 7 nitrogen and oxygen atoms in total. The van der Waals surface area contributed by atoms with E-state index in [1.807, 2.05) is 73.6 Å². The van der Waals surface area contributed by atoms with Gasteiger partial charge < -0.3 is 14.1 Å². The molecule has 2 aromatic heterocycles. The molecular weight excluding hydrogens is 507 g/mol. The third kappa shape index (κ3) is 4.94. The summed E-state index contributed by atoms with van der Waals surface area (Å²) in [4.78, 5) is 20.3. The van der Waals surface area contributed by atoms with Crippen LogP contribution in [0.25, 0.3) is 33.5 Å². The van der Waals surface area contributed by atoms with E-state index in [9.17, 15) is 9.18 Å².